The zero-order valence-electron chi connectivity index (χ0n) is 31.9. The number of nitrogens with zero attached hydrogens (tertiary/aromatic N) is 5. The first-order valence-corrected chi connectivity index (χ1v) is 19.1. The van der Waals surface area contributed by atoms with Gasteiger partial charge in [-0.15, -0.1) is 0 Å². The molecule has 292 valence electrons. The lowest BCUT2D eigenvalue weighted by Crippen LogP contribution is -2.39. The van der Waals surface area contributed by atoms with Gasteiger partial charge in [0, 0.05) is 60.5 Å². The van der Waals surface area contributed by atoms with Crippen molar-refractivity contribution in [3.63, 3.8) is 0 Å². The van der Waals surface area contributed by atoms with Crippen molar-refractivity contribution in [2.75, 3.05) is 13.1 Å². The number of imide groups is 2. The summed E-state index contributed by atoms with van der Waals surface area (Å²) < 4.78 is 0. The number of hydrogen-bond donors (Lipinski definition) is 1. The highest BCUT2D eigenvalue weighted by atomic mass is 16.6. The number of carbonyl (C=O) groups excluding carboxylic acids is 4. The first-order chi connectivity index (χ1) is 25.9. The van der Waals surface area contributed by atoms with Gasteiger partial charge in [0.2, 0.25) is 11.8 Å². The van der Waals surface area contributed by atoms with Gasteiger partial charge in [0.1, 0.15) is 0 Å². The van der Waals surface area contributed by atoms with E-state index in [1.807, 2.05) is 19.9 Å². The van der Waals surface area contributed by atoms with Gasteiger partial charge < -0.3 is 5.84 Å². The number of likely N-dealkylation sites (tertiary alicyclic amines) is 1. The lowest BCUT2D eigenvalue weighted by Gasteiger charge is -2.25. The molecule has 2 aromatic rings. The van der Waals surface area contributed by atoms with Crippen molar-refractivity contribution in [2.24, 2.45) is 22.8 Å². The van der Waals surface area contributed by atoms with E-state index in [1.54, 1.807) is 24.3 Å². The maximum atomic E-state index is 12.9. The first kappa shape index (κ1) is 43.1. The fourth-order valence-electron chi connectivity index (χ4n) is 7.33. The van der Waals surface area contributed by atoms with Crippen LogP contribution in [-0.2, 0) is 24.6 Å². The third kappa shape index (κ3) is 10.4. The predicted molar refractivity (Wildman–Crippen MR) is 206 cm³/mol. The molecule has 4 amide bonds. The van der Waals surface area contributed by atoms with Crippen LogP contribution < -0.4 is 5.84 Å². The number of nitro benzene ring substituents is 2. The van der Waals surface area contributed by atoms with Crippen molar-refractivity contribution < 1.29 is 29.0 Å². The third-order valence-corrected chi connectivity index (χ3v) is 10.1. The quantitative estimate of drug-likeness (QED) is 0.0404. The van der Waals surface area contributed by atoms with Crippen LogP contribution >= 0.6 is 0 Å². The molecule has 0 radical (unpaired) electrons. The number of benzene rings is 2. The Hall–Kier alpha value is -5.27. The fraction of sp³-hybridized carbons (Fsp3) is 0.525. The van der Waals surface area contributed by atoms with E-state index in [9.17, 15) is 39.4 Å². The summed E-state index contributed by atoms with van der Waals surface area (Å²) in [5.41, 5.74) is 1.70. The predicted octanol–water partition coefficient (Wildman–Crippen LogP) is 7.38. The maximum Gasteiger partial charge on any atom is 0.270 e. The van der Waals surface area contributed by atoms with Crippen molar-refractivity contribution in [1.29, 1.82) is 0 Å². The molecule has 3 aliphatic rings. The molecule has 2 aliphatic heterocycles. The molecule has 14 nitrogen and oxygen atoms in total. The monoisotopic (exact) mass is 746 g/mol. The number of carbonyl (C=O) groups is 4. The second kappa shape index (κ2) is 20.8. The van der Waals surface area contributed by atoms with Crippen LogP contribution in [0, 0.1) is 32.1 Å². The minimum Gasteiger partial charge on any atom is -0.323 e. The summed E-state index contributed by atoms with van der Waals surface area (Å²) in [6.45, 7) is 9.35. The molecule has 1 saturated carbocycles. The van der Waals surface area contributed by atoms with Crippen LogP contribution in [0.15, 0.2) is 65.8 Å². The highest BCUT2D eigenvalue weighted by Crippen LogP contribution is 2.67. The van der Waals surface area contributed by atoms with Crippen LogP contribution in [0.4, 0.5) is 11.4 Å². The molecule has 0 spiro atoms. The molecule has 2 heterocycles. The molecule has 5 rings (SSSR count). The second-order valence-corrected chi connectivity index (χ2v) is 13.8. The summed E-state index contributed by atoms with van der Waals surface area (Å²) in [6, 6.07) is 12.8. The van der Waals surface area contributed by atoms with Gasteiger partial charge in [-0.25, -0.2) is 0 Å². The molecule has 2 N–H and O–H groups in total. The number of hydrogen-bond acceptors (Lipinski definition) is 10. The summed E-state index contributed by atoms with van der Waals surface area (Å²) in [4.78, 5) is 71.4. The Morgan fingerprint density at radius 2 is 1.22 bits per heavy atom. The van der Waals surface area contributed by atoms with Crippen LogP contribution in [0.3, 0.4) is 0 Å². The van der Waals surface area contributed by atoms with Gasteiger partial charge in [-0.2, -0.15) is 5.10 Å². The summed E-state index contributed by atoms with van der Waals surface area (Å²) in [5.74, 6) is 4.04. The first-order valence-electron chi connectivity index (χ1n) is 19.1. The molecule has 14 heteroatoms. The van der Waals surface area contributed by atoms with Crippen LogP contribution in [0.25, 0.3) is 0 Å². The van der Waals surface area contributed by atoms with E-state index in [0.29, 0.717) is 30.8 Å². The van der Waals surface area contributed by atoms with Crippen molar-refractivity contribution in [1.82, 2.24) is 9.80 Å². The Balaban J connectivity index is 0.000000238. The molecule has 0 aromatic heterocycles. The summed E-state index contributed by atoms with van der Waals surface area (Å²) in [5, 5.41) is 25.3. The Bertz CT molecular complexity index is 1680. The molecule has 2 aromatic carbocycles. The van der Waals surface area contributed by atoms with E-state index in [1.165, 1.54) is 53.0 Å². The zero-order valence-corrected chi connectivity index (χ0v) is 31.9. The van der Waals surface area contributed by atoms with E-state index in [-0.39, 0.29) is 46.8 Å². The number of nitro groups is 2. The summed E-state index contributed by atoms with van der Waals surface area (Å²) in [6.07, 6.45) is 14.3. The summed E-state index contributed by atoms with van der Waals surface area (Å²) >= 11 is 0. The smallest absolute Gasteiger partial charge is 0.270 e. The standard InChI is InChI=1S/C20H26N2O4.C10H13N3O2.C10H15NO2/c1-3-5-6-7-12-21-18(23)16-17(19(21)24)20(16,11-4-2)14-9-8-10-15(13-14)22(25)26;1-2-4-10(12-11)8-5-3-6-9(7-8)13(14)15;1-2-3-4-5-8-11-9(12)6-7-10(11)13/h8-10,13,16-17H,3-7,11-12H2,1-2H3;3,5-7H,2,4,11H2,1H3;6-7H,2-5,8H2,1H3/b;12-10+;. The largest absolute Gasteiger partial charge is 0.323 e. The van der Waals surface area contributed by atoms with Gasteiger partial charge in [-0.1, -0.05) is 103 Å². The molecular formula is C40H54N6O8. The molecule has 2 fully saturated rings. The number of nitrogens with two attached hydrogens (primary N) is 1. The summed E-state index contributed by atoms with van der Waals surface area (Å²) in [7, 11) is 0. The number of unbranched alkanes of at least 4 members (excludes halogenated alkanes) is 6. The number of fused-ring (bicyclic) bond motifs is 1. The van der Waals surface area contributed by atoms with Crippen LogP contribution in [0.1, 0.15) is 116 Å². The zero-order chi connectivity index (χ0) is 39.8. The molecule has 1 saturated heterocycles. The van der Waals surface area contributed by atoms with Gasteiger partial charge in [-0.05, 0) is 31.2 Å². The van der Waals surface area contributed by atoms with Gasteiger partial charge in [0.25, 0.3) is 23.2 Å². The van der Waals surface area contributed by atoms with Gasteiger partial charge in [-0.3, -0.25) is 49.2 Å². The number of piperidine rings is 1. The average molecular weight is 747 g/mol. The highest BCUT2D eigenvalue weighted by molar-refractivity contribution is 6.13. The van der Waals surface area contributed by atoms with Gasteiger partial charge in [0.05, 0.1) is 27.4 Å². The fourth-order valence-corrected chi connectivity index (χ4v) is 7.33. The van der Waals surface area contributed by atoms with Crippen molar-refractivity contribution >= 4 is 40.7 Å². The van der Waals surface area contributed by atoms with Crippen LogP contribution in [0.2, 0.25) is 0 Å². The molecule has 2 atom stereocenters. The number of non-ortho nitro benzene ring substituents is 2. The number of hydrazone groups is 1. The molecule has 2 unspecified atom stereocenters. The molecule has 1 aliphatic carbocycles. The van der Waals surface area contributed by atoms with Crippen molar-refractivity contribution in [2.45, 2.75) is 110 Å². The lowest BCUT2D eigenvalue weighted by molar-refractivity contribution is -0.385. The molecule has 0 bridgehead atoms. The Labute approximate surface area is 317 Å². The normalized spacial score (nSPS) is 20.0. The number of rotatable bonds is 18. The van der Waals surface area contributed by atoms with E-state index >= 15 is 0 Å². The average Bonchev–Trinajstić information content (AvgIpc) is 3.63. The van der Waals surface area contributed by atoms with E-state index in [4.69, 9.17) is 5.84 Å². The Kier molecular flexibility index (Phi) is 16.6. The lowest BCUT2D eigenvalue weighted by atomic mass is 9.85. The number of amides is 4. The van der Waals surface area contributed by atoms with Crippen molar-refractivity contribution in [3.8, 4) is 0 Å². The van der Waals surface area contributed by atoms with Crippen LogP contribution in [0.5, 0.6) is 0 Å². The SMILES string of the molecule is CCC/C(=N\N)c1cccc([N+](=O)[O-])c1.CCCCCCN1C(=O)C2C(C1=O)C2(CCC)c1cccc([N+](=O)[O-])c1.CCCCCCN1C(=O)C=CC1=O. The third-order valence-electron chi connectivity index (χ3n) is 10.1. The van der Waals surface area contributed by atoms with Gasteiger partial charge >= 0.3 is 0 Å². The minimum atomic E-state index is -0.547. The van der Waals surface area contributed by atoms with E-state index in [0.717, 1.165) is 63.4 Å². The van der Waals surface area contributed by atoms with E-state index < -0.39 is 15.3 Å². The van der Waals surface area contributed by atoms with Crippen LogP contribution in [-0.4, -0.2) is 62.1 Å². The highest BCUT2D eigenvalue weighted by Gasteiger charge is 2.77. The Morgan fingerprint density at radius 3 is 1.70 bits per heavy atom. The maximum absolute atomic E-state index is 12.9. The second-order valence-electron chi connectivity index (χ2n) is 13.8. The topological polar surface area (TPSA) is 199 Å². The molecular weight excluding hydrogens is 692 g/mol. The van der Waals surface area contributed by atoms with Crippen molar-refractivity contribution in [3.05, 3.63) is 92.0 Å². The molecule has 54 heavy (non-hydrogen) atoms. The van der Waals surface area contributed by atoms with Gasteiger partial charge in [0.15, 0.2) is 0 Å². The Morgan fingerprint density at radius 1 is 0.704 bits per heavy atom. The minimum absolute atomic E-state index is 0.0132. The van der Waals surface area contributed by atoms with E-state index in [2.05, 4.69) is 18.9 Å².